The lowest BCUT2D eigenvalue weighted by Crippen LogP contribution is -2.26. The maximum absolute atomic E-state index is 13.7. The second-order valence-electron chi connectivity index (χ2n) is 3.78. The van der Waals surface area contributed by atoms with Crippen LogP contribution in [0.4, 0.5) is 4.39 Å². The molecule has 1 aromatic heterocycles. The van der Waals surface area contributed by atoms with Crippen molar-refractivity contribution in [3.63, 3.8) is 0 Å². The molecule has 0 atom stereocenters. The van der Waals surface area contributed by atoms with Gasteiger partial charge in [0.1, 0.15) is 11.6 Å². The fourth-order valence-electron chi connectivity index (χ4n) is 1.57. The zero-order chi connectivity index (χ0) is 13.3. The predicted octanol–water partition coefficient (Wildman–Crippen LogP) is 3.11. The largest absolute Gasteiger partial charge is 0.291 e. The molecule has 6 heteroatoms. The van der Waals surface area contributed by atoms with Gasteiger partial charge in [-0.25, -0.2) is 9.37 Å². The Hall–Kier alpha value is -0.760. The van der Waals surface area contributed by atoms with E-state index >= 15 is 0 Å². The Morgan fingerprint density at radius 1 is 1.50 bits per heavy atom. The van der Waals surface area contributed by atoms with E-state index < -0.39 is 0 Å². The summed E-state index contributed by atoms with van der Waals surface area (Å²) in [7, 11) is 0. The highest BCUT2D eigenvalue weighted by Gasteiger charge is 2.09. The molecule has 2 rings (SSSR count). The van der Waals surface area contributed by atoms with Crippen LogP contribution in [-0.4, -0.2) is 9.55 Å². The smallest absolute Gasteiger partial charge is 0.267 e. The van der Waals surface area contributed by atoms with E-state index in [1.807, 2.05) is 22.6 Å². The second kappa shape index (κ2) is 5.48. The first-order chi connectivity index (χ1) is 8.49. The highest BCUT2D eigenvalue weighted by molar-refractivity contribution is 14.1. The van der Waals surface area contributed by atoms with Gasteiger partial charge in [-0.2, -0.15) is 0 Å². The minimum Gasteiger partial charge on any atom is -0.291 e. The van der Waals surface area contributed by atoms with Crippen molar-refractivity contribution in [1.82, 2.24) is 9.55 Å². The van der Waals surface area contributed by atoms with E-state index in [-0.39, 0.29) is 17.9 Å². The summed E-state index contributed by atoms with van der Waals surface area (Å²) in [6.07, 6.45) is 1.52. The van der Waals surface area contributed by atoms with Crippen molar-refractivity contribution in [3.05, 3.63) is 60.0 Å². The molecule has 0 N–H and O–H groups in total. The molecule has 0 amide bonds. The van der Waals surface area contributed by atoms with Crippen molar-refractivity contribution >= 4 is 38.5 Å². The van der Waals surface area contributed by atoms with Crippen LogP contribution in [0.5, 0.6) is 0 Å². The van der Waals surface area contributed by atoms with Crippen molar-refractivity contribution in [2.24, 2.45) is 0 Å². The molecule has 0 bridgehead atoms. The number of aryl methyl sites for hydroxylation is 1. The highest BCUT2D eigenvalue weighted by atomic mass is 127. The number of nitrogens with zero attached hydrogens (tertiary/aromatic N) is 2. The maximum atomic E-state index is 13.7. The standard InChI is InChI=1S/C12H9BrFIN2O/c1-7-16-5-11(15)12(18)17(7)6-8-4-9(13)2-3-10(8)14/h2-5H,6H2,1H3. The fourth-order valence-corrected chi connectivity index (χ4v) is 2.41. The lowest BCUT2D eigenvalue weighted by molar-refractivity contribution is 0.588. The van der Waals surface area contributed by atoms with Crippen LogP contribution in [0.15, 0.2) is 33.7 Å². The van der Waals surface area contributed by atoms with Crippen LogP contribution in [0.25, 0.3) is 0 Å². The summed E-state index contributed by atoms with van der Waals surface area (Å²) in [5, 5.41) is 0. The fraction of sp³-hybridized carbons (Fsp3) is 0.167. The highest BCUT2D eigenvalue weighted by Crippen LogP contribution is 2.16. The van der Waals surface area contributed by atoms with E-state index in [2.05, 4.69) is 20.9 Å². The molecule has 0 saturated carbocycles. The number of rotatable bonds is 2. The summed E-state index contributed by atoms with van der Waals surface area (Å²) in [5.41, 5.74) is 0.306. The normalized spacial score (nSPS) is 10.7. The van der Waals surface area contributed by atoms with Crippen LogP contribution in [0.3, 0.4) is 0 Å². The average molecular weight is 423 g/mol. The van der Waals surface area contributed by atoms with Gasteiger partial charge in [-0.05, 0) is 47.7 Å². The molecule has 0 spiro atoms. The zero-order valence-corrected chi connectivity index (χ0v) is 13.2. The van der Waals surface area contributed by atoms with Gasteiger partial charge < -0.3 is 0 Å². The van der Waals surface area contributed by atoms with Gasteiger partial charge in [0.25, 0.3) is 5.56 Å². The Balaban J connectivity index is 2.49. The third-order valence-corrected chi connectivity index (χ3v) is 3.77. The van der Waals surface area contributed by atoms with Crippen molar-refractivity contribution in [2.75, 3.05) is 0 Å². The molecule has 0 unspecified atom stereocenters. The molecule has 0 radical (unpaired) electrons. The summed E-state index contributed by atoms with van der Waals surface area (Å²) in [4.78, 5) is 16.1. The number of aromatic nitrogens is 2. The van der Waals surface area contributed by atoms with Crippen LogP contribution < -0.4 is 5.56 Å². The summed E-state index contributed by atoms with van der Waals surface area (Å²) < 4.78 is 16.4. The summed E-state index contributed by atoms with van der Waals surface area (Å²) in [6, 6.07) is 4.67. The monoisotopic (exact) mass is 422 g/mol. The van der Waals surface area contributed by atoms with Gasteiger partial charge >= 0.3 is 0 Å². The third-order valence-electron chi connectivity index (χ3n) is 2.54. The number of hydrogen-bond acceptors (Lipinski definition) is 2. The first-order valence-electron chi connectivity index (χ1n) is 5.15. The van der Waals surface area contributed by atoms with Crippen molar-refractivity contribution in [1.29, 1.82) is 0 Å². The van der Waals surface area contributed by atoms with Crippen LogP contribution in [-0.2, 0) is 6.54 Å². The summed E-state index contributed by atoms with van der Waals surface area (Å²) in [5.74, 6) is 0.239. The molecule has 0 aliphatic rings. The Bertz CT molecular complexity index is 657. The molecule has 0 aliphatic carbocycles. The quantitative estimate of drug-likeness (QED) is 0.697. The molecule has 3 nitrogen and oxygen atoms in total. The Kier molecular flexibility index (Phi) is 4.16. The van der Waals surface area contributed by atoms with E-state index in [0.717, 1.165) is 4.47 Å². The summed E-state index contributed by atoms with van der Waals surface area (Å²) in [6.45, 7) is 1.91. The molecule has 2 aromatic rings. The van der Waals surface area contributed by atoms with Gasteiger partial charge in [0, 0.05) is 16.2 Å². The Labute approximate surface area is 125 Å². The molecule has 1 aromatic carbocycles. The molecule has 1 heterocycles. The Morgan fingerprint density at radius 2 is 2.22 bits per heavy atom. The topological polar surface area (TPSA) is 34.9 Å². The number of benzene rings is 1. The molecule has 0 saturated heterocycles. The van der Waals surface area contributed by atoms with Crippen molar-refractivity contribution in [2.45, 2.75) is 13.5 Å². The lowest BCUT2D eigenvalue weighted by Gasteiger charge is -2.10. The first-order valence-corrected chi connectivity index (χ1v) is 7.02. The number of hydrogen-bond donors (Lipinski definition) is 0. The van der Waals surface area contributed by atoms with Crippen molar-refractivity contribution in [3.8, 4) is 0 Å². The molecule has 94 valence electrons. The van der Waals surface area contributed by atoms with Crippen LogP contribution in [0.2, 0.25) is 0 Å². The first kappa shape index (κ1) is 13.7. The van der Waals surface area contributed by atoms with Gasteiger partial charge in [-0.1, -0.05) is 15.9 Å². The maximum Gasteiger partial charge on any atom is 0.267 e. The molecule has 0 fully saturated rings. The minimum atomic E-state index is -0.330. The molecule has 0 aliphatic heterocycles. The lowest BCUT2D eigenvalue weighted by atomic mass is 10.2. The second-order valence-corrected chi connectivity index (χ2v) is 5.86. The SMILES string of the molecule is Cc1ncc(I)c(=O)n1Cc1cc(Br)ccc1F. The molecular weight excluding hydrogens is 414 g/mol. The average Bonchev–Trinajstić information content (AvgIpc) is 2.34. The van der Waals surface area contributed by atoms with E-state index in [9.17, 15) is 9.18 Å². The van der Waals surface area contributed by atoms with Gasteiger partial charge in [0.05, 0.1) is 10.1 Å². The minimum absolute atomic E-state index is 0.150. The Morgan fingerprint density at radius 3 is 2.94 bits per heavy atom. The van der Waals surface area contributed by atoms with Gasteiger partial charge in [-0.3, -0.25) is 9.36 Å². The number of halogens is 3. The van der Waals surface area contributed by atoms with E-state index in [1.54, 1.807) is 19.1 Å². The van der Waals surface area contributed by atoms with E-state index in [0.29, 0.717) is 15.0 Å². The molecule has 18 heavy (non-hydrogen) atoms. The van der Waals surface area contributed by atoms with Gasteiger partial charge in [0.2, 0.25) is 0 Å². The van der Waals surface area contributed by atoms with Gasteiger partial charge in [0.15, 0.2) is 0 Å². The molecular formula is C12H9BrFIN2O. The van der Waals surface area contributed by atoms with E-state index in [4.69, 9.17) is 0 Å². The zero-order valence-electron chi connectivity index (χ0n) is 9.45. The van der Waals surface area contributed by atoms with Crippen molar-refractivity contribution < 1.29 is 4.39 Å². The van der Waals surface area contributed by atoms with Crippen LogP contribution in [0, 0.1) is 16.3 Å². The van der Waals surface area contributed by atoms with E-state index in [1.165, 1.54) is 16.8 Å². The van der Waals surface area contributed by atoms with Gasteiger partial charge in [-0.15, -0.1) is 0 Å². The van der Waals surface area contributed by atoms with Crippen LogP contribution >= 0.6 is 38.5 Å². The predicted molar refractivity (Wildman–Crippen MR) is 79.2 cm³/mol. The third kappa shape index (κ3) is 2.80. The summed E-state index contributed by atoms with van der Waals surface area (Å²) >= 11 is 5.22. The van der Waals surface area contributed by atoms with Crippen LogP contribution in [0.1, 0.15) is 11.4 Å².